The molecule has 4 aromatic rings. The highest BCUT2D eigenvalue weighted by molar-refractivity contribution is 6.30. The number of anilines is 1. The smallest absolute Gasteiger partial charge is 0.291 e. The number of benzene rings is 2. The monoisotopic (exact) mass is 477 g/mol. The second kappa shape index (κ2) is 8.91. The van der Waals surface area contributed by atoms with Crippen molar-refractivity contribution in [2.45, 2.75) is 26.3 Å². The van der Waals surface area contributed by atoms with Gasteiger partial charge in [0.05, 0.1) is 26.5 Å². The van der Waals surface area contributed by atoms with Gasteiger partial charge < -0.3 is 19.2 Å². The van der Waals surface area contributed by atoms with Gasteiger partial charge in [0.15, 0.2) is 5.76 Å². The third-order valence-electron chi connectivity index (χ3n) is 5.99. The molecule has 1 aliphatic rings. The molecule has 0 fully saturated rings. The molecule has 2 aromatic carbocycles. The van der Waals surface area contributed by atoms with Gasteiger partial charge in [0.25, 0.3) is 5.91 Å². The Morgan fingerprint density at radius 3 is 2.50 bits per heavy atom. The van der Waals surface area contributed by atoms with Crippen molar-refractivity contribution < 1.29 is 18.7 Å². The van der Waals surface area contributed by atoms with Crippen LogP contribution in [0.5, 0.6) is 11.5 Å². The van der Waals surface area contributed by atoms with Crippen LogP contribution in [0.1, 0.15) is 33.0 Å². The van der Waals surface area contributed by atoms with E-state index >= 15 is 0 Å². The second-order valence-corrected chi connectivity index (χ2v) is 8.67. The Kier molecular flexibility index (Phi) is 5.79. The van der Waals surface area contributed by atoms with Crippen LogP contribution in [-0.4, -0.2) is 29.9 Å². The number of ether oxygens (including phenoxy) is 2. The van der Waals surface area contributed by atoms with Crippen LogP contribution in [0.25, 0.3) is 11.3 Å². The second-order valence-electron chi connectivity index (χ2n) is 8.24. The van der Waals surface area contributed by atoms with Gasteiger partial charge in [-0.1, -0.05) is 23.7 Å². The van der Waals surface area contributed by atoms with Gasteiger partial charge >= 0.3 is 0 Å². The number of rotatable bonds is 6. The number of carbonyl (C=O) groups is 1. The summed E-state index contributed by atoms with van der Waals surface area (Å²) in [7, 11) is 3.13. The molecule has 1 aliphatic carbocycles. The molecule has 0 saturated carbocycles. The first-order valence-electron chi connectivity index (χ1n) is 10.9. The molecule has 0 radical (unpaired) electrons. The number of furan rings is 1. The van der Waals surface area contributed by atoms with E-state index in [4.69, 9.17) is 30.6 Å². The van der Waals surface area contributed by atoms with Crippen molar-refractivity contribution in [2.24, 2.45) is 0 Å². The normalized spacial score (nSPS) is 12.1. The Labute approximate surface area is 202 Å². The number of nitrogens with zero attached hydrogens (tertiary/aromatic N) is 2. The Morgan fingerprint density at radius 1 is 1.12 bits per heavy atom. The maximum atomic E-state index is 13.1. The van der Waals surface area contributed by atoms with E-state index in [2.05, 4.69) is 11.5 Å². The number of halogens is 1. The minimum Gasteiger partial charge on any atom is -0.497 e. The lowest BCUT2D eigenvalue weighted by Gasteiger charge is -2.09. The van der Waals surface area contributed by atoms with E-state index in [9.17, 15) is 4.79 Å². The van der Waals surface area contributed by atoms with Gasteiger partial charge in [0, 0.05) is 52.7 Å². The first kappa shape index (κ1) is 22.1. The lowest BCUT2D eigenvalue weighted by atomic mass is 9.93. The minimum atomic E-state index is -0.329. The number of nitrogens with one attached hydrogen (secondary N) is 1. The molecular weight excluding hydrogens is 454 g/mol. The summed E-state index contributed by atoms with van der Waals surface area (Å²) in [5, 5.41) is 8.44. The van der Waals surface area contributed by atoms with Crippen molar-refractivity contribution in [2.75, 3.05) is 19.5 Å². The molecule has 1 N–H and O–H groups in total. The summed E-state index contributed by atoms with van der Waals surface area (Å²) in [4.78, 5) is 13.1. The number of methoxy groups -OCH3 is 2. The number of hydrogen-bond donors (Lipinski definition) is 1. The van der Waals surface area contributed by atoms with Crippen molar-refractivity contribution >= 4 is 23.2 Å². The SMILES string of the molecule is COc1cc(NC(=O)c2oc3c(c2C)-c2nn(Cc4ccc(Cl)cc4)cc2CC3)cc(OC)c1. The van der Waals surface area contributed by atoms with Gasteiger partial charge in [-0.15, -0.1) is 0 Å². The zero-order chi connectivity index (χ0) is 23.8. The maximum Gasteiger partial charge on any atom is 0.291 e. The van der Waals surface area contributed by atoms with E-state index in [1.165, 1.54) is 0 Å². The Bertz CT molecular complexity index is 1350. The van der Waals surface area contributed by atoms with Crippen molar-refractivity contribution in [3.8, 4) is 22.8 Å². The van der Waals surface area contributed by atoms with E-state index in [1.807, 2.05) is 35.9 Å². The molecule has 0 bridgehead atoms. The van der Waals surface area contributed by atoms with Crippen LogP contribution in [0.4, 0.5) is 5.69 Å². The van der Waals surface area contributed by atoms with Gasteiger partial charge in [0.2, 0.25) is 0 Å². The van der Waals surface area contributed by atoms with Gasteiger partial charge in [-0.25, -0.2) is 0 Å². The Balaban J connectivity index is 1.42. The molecule has 2 aromatic heterocycles. The van der Waals surface area contributed by atoms with Gasteiger partial charge in [-0.2, -0.15) is 5.10 Å². The highest BCUT2D eigenvalue weighted by Gasteiger charge is 2.30. The van der Waals surface area contributed by atoms with E-state index in [0.717, 1.165) is 46.5 Å². The lowest BCUT2D eigenvalue weighted by molar-refractivity contribution is 0.0994. The van der Waals surface area contributed by atoms with Crippen molar-refractivity contribution in [1.29, 1.82) is 0 Å². The van der Waals surface area contributed by atoms with E-state index < -0.39 is 0 Å². The summed E-state index contributed by atoms with van der Waals surface area (Å²) in [6.45, 7) is 2.54. The predicted octanol–water partition coefficient (Wildman–Crippen LogP) is 5.52. The topological polar surface area (TPSA) is 78.5 Å². The van der Waals surface area contributed by atoms with E-state index in [-0.39, 0.29) is 11.7 Å². The molecule has 0 saturated heterocycles. The van der Waals surface area contributed by atoms with Crippen LogP contribution in [-0.2, 0) is 19.4 Å². The summed E-state index contributed by atoms with van der Waals surface area (Å²) in [5.74, 6) is 1.91. The van der Waals surface area contributed by atoms with Crippen molar-refractivity contribution in [3.05, 3.63) is 81.9 Å². The summed E-state index contributed by atoms with van der Waals surface area (Å²) >= 11 is 6.00. The molecule has 8 heteroatoms. The van der Waals surface area contributed by atoms with Gasteiger partial charge in [-0.05, 0) is 36.6 Å². The molecule has 174 valence electrons. The average molecular weight is 478 g/mol. The van der Waals surface area contributed by atoms with E-state index in [1.54, 1.807) is 32.4 Å². The fourth-order valence-corrected chi connectivity index (χ4v) is 4.43. The zero-order valence-corrected chi connectivity index (χ0v) is 19.9. The summed E-state index contributed by atoms with van der Waals surface area (Å²) in [6, 6.07) is 12.9. The standard InChI is InChI=1S/C26H24ClN3O4/c1-15-23-22(34-25(15)26(31)28-19-10-20(32-2)12-21(11-19)33-3)9-6-17-14-30(29-24(17)23)13-16-4-7-18(27)8-5-16/h4-5,7-8,10-12,14H,6,9,13H2,1-3H3,(H,28,31). The minimum absolute atomic E-state index is 0.284. The molecule has 0 aliphatic heterocycles. The number of hydrogen-bond acceptors (Lipinski definition) is 5. The third-order valence-corrected chi connectivity index (χ3v) is 6.24. The van der Waals surface area contributed by atoms with Crippen LogP contribution in [0.3, 0.4) is 0 Å². The van der Waals surface area contributed by atoms with Crippen LogP contribution < -0.4 is 14.8 Å². The molecule has 7 nitrogen and oxygen atoms in total. The highest BCUT2D eigenvalue weighted by atomic mass is 35.5. The van der Waals surface area contributed by atoms with Crippen molar-refractivity contribution in [3.63, 3.8) is 0 Å². The van der Waals surface area contributed by atoms with Crippen LogP contribution >= 0.6 is 11.6 Å². The Hall–Kier alpha value is -3.71. The molecule has 2 heterocycles. The summed E-state index contributed by atoms with van der Waals surface area (Å²) in [5.41, 5.74) is 5.38. The molecule has 0 unspecified atom stereocenters. The molecule has 0 atom stereocenters. The zero-order valence-electron chi connectivity index (χ0n) is 19.1. The fourth-order valence-electron chi connectivity index (χ4n) is 4.31. The molecular formula is C26H24ClN3O4. The lowest BCUT2D eigenvalue weighted by Crippen LogP contribution is -2.12. The van der Waals surface area contributed by atoms with Crippen LogP contribution in [0.2, 0.25) is 5.02 Å². The van der Waals surface area contributed by atoms with Crippen LogP contribution in [0, 0.1) is 6.92 Å². The number of aryl methyl sites for hydroxylation is 2. The maximum absolute atomic E-state index is 13.1. The predicted molar refractivity (Wildman–Crippen MR) is 130 cm³/mol. The molecule has 1 amide bonds. The fraction of sp³-hybridized carbons (Fsp3) is 0.231. The summed E-state index contributed by atoms with van der Waals surface area (Å²) < 4.78 is 18.6. The number of aromatic nitrogens is 2. The third kappa shape index (κ3) is 4.15. The van der Waals surface area contributed by atoms with Crippen LogP contribution in [0.15, 0.2) is 53.1 Å². The van der Waals surface area contributed by atoms with Crippen molar-refractivity contribution in [1.82, 2.24) is 9.78 Å². The molecule has 0 spiro atoms. The van der Waals surface area contributed by atoms with Gasteiger partial charge in [-0.3, -0.25) is 9.48 Å². The first-order valence-corrected chi connectivity index (χ1v) is 11.3. The number of fused-ring (bicyclic) bond motifs is 3. The first-order chi connectivity index (χ1) is 16.4. The summed E-state index contributed by atoms with van der Waals surface area (Å²) in [6.07, 6.45) is 3.60. The van der Waals surface area contributed by atoms with Gasteiger partial charge in [0.1, 0.15) is 17.3 Å². The van der Waals surface area contributed by atoms with E-state index in [0.29, 0.717) is 28.8 Å². The Morgan fingerprint density at radius 2 is 1.82 bits per heavy atom. The average Bonchev–Trinajstić information content (AvgIpc) is 3.40. The highest BCUT2D eigenvalue weighted by Crippen LogP contribution is 2.38. The number of carbonyl (C=O) groups excluding carboxylic acids is 1. The molecule has 5 rings (SSSR count). The quantitative estimate of drug-likeness (QED) is 0.395. The molecule has 34 heavy (non-hydrogen) atoms. The number of amides is 1. The largest absolute Gasteiger partial charge is 0.497 e.